The molecule has 2 unspecified atom stereocenters. The van der Waals surface area contributed by atoms with Gasteiger partial charge in [-0.15, -0.1) is 11.8 Å². The maximum absolute atomic E-state index is 13.5. The second-order valence-electron chi connectivity index (χ2n) is 8.07. The lowest BCUT2D eigenvalue weighted by atomic mass is 9.96. The summed E-state index contributed by atoms with van der Waals surface area (Å²) in [6.45, 7) is 8.54. The van der Waals surface area contributed by atoms with Gasteiger partial charge in [0.1, 0.15) is 11.0 Å². The van der Waals surface area contributed by atoms with Crippen molar-refractivity contribution in [1.82, 2.24) is 23.7 Å². The molecule has 0 aliphatic carbocycles. The molecule has 0 saturated heterocycles. The molecule has 3 heterocycles. The summed E-state index contributed by atoms with van der Waals surface area (Å²) in [4.78, 5) is 49.1. The van der Waals surface area contributed by atoms with Crippen molar-refractivity contribution in [3.63, 3.8) is 0 Å². The van der Waals surface area contributed by atoms with Gasteiger partial charge < -0.3 is 4.57 Å². The monoisotopic (exact) mass is 503 g/mol. The lowest BCUT2D eigenvalue weighted by Gasteiger charge is -2.25. The number of rotatable bonds is 7. The van der Waals surface area contributed by atoms with Crippen LogP contribution in [0.15, 0.2) is 14.6 Å². The van der Waals surface area contributed by atoms with E-state index in [9.17, 15) is 14.4 Å². The van der Waals surface area contributed by atoms with Gasteiger partial charge in [-0.3, -0.25) is 23.6 Å². The number of amides is 1. The van der Waals surface area contributed by atoms with E-state index in [1.165, 1.54) is 31.0 Å². The van der Waals surface area contributed by atoms with Crippen molar-refractivity contribution >= 4 is 40.9 Å². The second kappa shape index (κ2) is 9.62. The number of hydrogen-bond acceptors (Lipinski definition) is 6. The summed E-state index contributed by atoms with van der Waals surface area (Å²) >= 11 is 13.8. The Morgan fingerprint density at radius 1 is 1.28 bits per heavy atom. The average molecular weight is 504 g/mol. The largest absolute Gasteiger partial charge is 0.331 e. The highest BCUT2D eigenvalue weighted by atomic mass is 35.5. The summed E-state index contributed by atoms with van der Waals surface area (Å²) in [7, 11) is 2.85. The van der Waals surface area contributed by atoms with Crippen molar-refractivity contribution in [2.45, 2.75) is 57.0 Å². The number of carbonyl (C=O) groups is 1. The lowest BCUT2D eigenvalue weighted by Crippen LogP contribution is -2.44. The Hall–Kier alpha value is -1.75. The molecule has 0 N–H and O–H groups in total. The van der Waals surface area contributed by atoms with Crippen LogP contribution in [0.25, 0.3) is 0 Å². The van der Waals surface area contributed by atoms with Crippen LogP contribution in [0.1, 0.15) is 38.1 Å². The number of aryl methyl sites for hydroxylation is 1. The Morgan fingerprint density at radius 2 is 1.94 bits per heavy atom. The van der Waals surface area contributed by atoms with Crippen LogP contribution < -0.4 is 11.2 Å². The Morgan fingerprint density at radius 3 is 2.44 bits per heavy atom. The minimum Gasteiger partial charge on any atom is -0.317 e. The van der Waals surface area contributed by atoms with Gasteiger partial charge in [0.05, 0.1) is 23.6 Å². The van der Waals surface area contributed by atoms with Crippen LogP contribution in [-0.4, -0.2) is 48.6 Å². The zero-order chi connectivity index (χ0) is 23.9. The van der Waals surface area contributed by atoms with E-state index in [0.29, 0.717) is 29.5 Å². The van der Waals surface area contributed by atoms with E-state index in [-0.39, 0.29) is 28.7 Å². The molecule has 176 valence electrons. The third kappa shape index (κ3) is 4.25. The quantitative estimate of drug-likeness (QED) is 0.426. The molecule has 3 rings (SSSR count). The Labute approximate surface area is 200 Å². The first-order chi connectivity index (χ1) is 15.0. The summed E-state index contributed by atoms with van der Waals surface area (Å²) in [5.41, 5.74) is -0.569. The molecule has 32 heavy (non-hydrogen) atoms. The molecule has 1 aliphatic heterocycles. The topological polar surface area (TPSA) is 91.4 Å². The number of hydrogen-bond donors (Lipinski definition) is 0. The molecular formula is C20H27Cl2N5O4S. The fourth-order valence-corrected chi connectivity index (χ4v) is 5.92. The third-order valence-electron chi connectivity index (χ3n) is 5.46. The van der Waals surface area contributed by atoms with Crippen molar-refractivity contribution in [1.29, 1.82) is 0 Å². The van der Waals surface area contributed by atoms with Gasteiger partial charge in [0.25, 0.3) is 11.5 Å². The summed E-state index contributed by atoms with van der Waals surface area (Å²) in [5.74, 6) is -0.421. The average Bonchev–Trinajstić information content (AvgIpc) is 3.23. The van der Waals surface area contributed by atoms with Gasteiger partial charge in [-0.2, -0.15) is 0 Å². The molecule has 0 bridgehead atoms. The zero-order valence-electron chi connectivity index (χ0n) is 18.9. The van der Waals surface area contributed by atoms with E-state index in [2.05, 4.69) is 4.98 Å². The third-order valence-corrected chi connectivity index (χ3v) is 7.59. The van der Waals surface area contributed by atoms with E-state index in [4.69, 9.17) is 28.0 Å². The second-order valence-corrected chi connectivity index (χ2v) is 10.0. The molecule has 0 saturated carbocycles. The highest BCUT2D eigenvalue weighted by Gasteiger charge is 2.45. The van der Waals surface area contributed by atoms with Gasteiger partial charge in [0.2, 0.25) is 0 Å². The first-order valence-corrected chi connectivity index (χ1v) is 11.9. The number of thioether (sulfide) groups is 1. The van der Waals surface area contributed by atoms with E-state index in [0.717, 1.165) is 4.57 Å². The fraction of sp³-hybridized carbons (Fsp3) is 0.600. The fourth-order valence-electron chi connectivity index (χ4n) is 3.94. The molecular weight excluding hydrogens is 477 g/mol. The van der Waals surface area contributed by atoms with Crippen molar-refractivity contribution < 1.29 is 9.63 Å². The Balaban J connectivity index is 2.21. The summed E-state index contributed by atoms with van der Waals surface area (Å²) in [5, 5.41) is 1.75. The number of hydroxylamine groups is 2. The predicted octanol–water partition coefficient (Wildman–Crippen LogP) is 2.68. The van der Waals surface area contributed by atoms with Gasteiger partial charge in [0, 0.05) is 31.9 Å². The molecule has 2 aromatic heterocycles. The normalized spacial score (nSPS) is 17.8. The molecule has 0 aromatic carbocycles. The number of fused-ring (bicyclic) bond motifs is 1. The number of imidazole rings is 1. The van der Waals surface area contributed by atoms with Crippen LogP contribution >= 0.6 is 35.0 Å². The Kier molecular flexibility index (Phi) is 7.48. The number of carbonyl (C=O) groups excluding carboxylic acids is 1. The lowest BCUT2D eigenvalue weighted by molar-refractivity contribution is -0.176. The standard InChI is InChI=1S/C20H27Cl2N5O4S/c1-7-27(31-6)18(29)13-12(9-25-11(4)23-15(21)16(25)22)32-19-14(13)17(28)24(5)20(30)26(19)8-10(2)3/h10,12-13H,7-9H2,1-6H3. The van der Waals surface area contributed by atoms with Gasteiger partial charge in [-0.1, -0.05) is 37.0 Å². The molecule has 1 aliphatic rings. The van der Waals surface area contributed by atoms with Crippen molar-refractivity contribution in [2.24, 2.45) is 13.0 Å². The van der Waals surface area contributed by atoms with Gasteiger partial charge >= 0.3 is 5.69 Å². The summed E-state index contributed by atoms with van der Waals surface area (Å²) in [6.07, 6.45) is 0. The number of halogens is 2. The van der Waals surface area contributed by atoms with Gasteiger partial charge in [-0.05, 0) is 19.8 Å². The number of likely N-dealkylation sites (N-methyl/N-ethyl adjacent to an activating group) is 1. The molecule has 12 heteroatoms. The molecule has 0 radical (unpaired) electrons. The maximum atomic E-state index is 13.5. The first kappa shape index (κ1) is 24.9. The number of aromatic nitrogens is 4. The smallest absolute Gasteiger partial charge is 0.317 e. The van der Waals surface area contributed by atoms with Crippen molar-refractivity contribution in [3.05, 3.63) is 42.5 Å². The molecule has 9 nitrogen and oxygen atoms in total. The van der Waals surface area contributed by atoms with Gasteiger partial charge in [-0.25, -0.2) is 14.8 Å². The van der Waals surface area contributed by atoms with Crippen molar-refractivity contribution in [3.8, 4) is 0 Å². The van der Waals surface area contributed by atoms with E-state index in [1.807, 2.05) is 13.8 Å². The van der Waals surface area contributed by atoms with Crippen molar-refractivity contribution in [2.75, 3.05) is 13.7 Å². The highest BCUT2D eigenvalue weighted by Crippen LogP contribution is 2.45. The maximum Gasteiger partial charge on any atom is 0.331 e. The number of nitrogens with zero attached hydrogens (tertiary/aromatic N) is 5. The first-order valence-electron chi connectivity index (χ1n) is 10.3. The van der Waals surface area contributed by atoms with E-state index in [1.54, 1.807) is 23.0 Å². The minimum absolute atomic E-state index is 0.165. The van der Waals surface area contributed by atoms with E-state index >= 15 is 0 Å². The highest BCUT2D eigenvalue weighted by molar-refractivity contribution is 8.00. The predicted molar refractivity (Wildman–Crippen MR) is 125 cm³/mol. The molecule has 2 atom stereocenters. The van der Waals surface area contributed by atoms with Crippen LogP contribution in [0.5, 0.6) is 0 Å². The SMILES string of the molecule is CCN(OC)C(=O)C1c2c(n(CC(C)C)c(=O)n(C)c2=O)SC1Cn1c(C)nc(Cl)c1Cl. The van der Waals surface area contributed by atoms with Crippen LogP contribution in [0.4, 0.5) is 0 Å². The summed E-state index contributed by atoms with van der Waals surface area (Å²) in [6, 6.07) is 0. The zero-order valence-corrected chi connectivity index (χ0v) is 21.2. The van der Waals surface area contributed by atoms with Crippen LogP contribution in [0.3, 0.4) is 0 Å². The Bertz CT molecular complexity index is 1150. The van der Waals surface area contributed by atoms with Crippen LogP contribution in [-0.2, 0) is 29.8 Å². The molecule has 0 fully saturated rings. The molecule has 2 aromatic rings. The minimum atomic E-state index is -0.829. The van der Waals surface area contributed by atoms with Crippen LogP contribution in [0, 0.1) is 12.8 Å². The summed E-state index contributed by atoms with van der Waals surface area (Å²) < 4.78 is 4.37. The molecule has 0 spiro atoms. The molecule has 1 amide bonds. The van der Waals surface area contributed by atoms with Crippen LogP contribution in [0.2, 0.25) is 10.3 Å². The van der Waals surface area contributed by atoms with Gasteiger partial charge in [0.15, 0.2) is 5.15 Å². The van der Waals surface area contributed by atoms with E-state index < -0.39 is 22.4 Å².